The molecule has 0 radical (unpaired) electrons. The van der Waals surface area contributed by atoms with Crippen molar-refractivity contribution in [2.24, 2.45) is 4.99 Å². The van der Waals surface area contributed by atoms with E-state index in [2.05, 4.69) is 35.3 Å². The smallest absolute Gasteiger partial charge is 0.318 e. The normalized spacial score (nSPS) is 21.5. The van der Waals surface area contributed by atoms with E-state index >= 15 is 0 Å². The maximum Gasteiger partial charge on any atom is 0.318 e. The van der Waals surface area contributed by atoms with Gasteiger partial charge in [-0.2, -0.15) is 0 Å². The highest BCUT2D eigenvalue weighted by Crippen LogP contribution is 2.55. The summed E-state index contributed by atoms with van der Waals surface area (Å²) < 4.78 is 13.7. The number of nitrogens with zero attached hydrogens (tertiary/aromatic N) is 2. The van der Waals surface area contributed by atoms with Crippen LogP contribution in [0.2, 0.25) is 24.7 Å². The lowest BCUT2D eigenvalue weighted by atomic mass is 9.83. The van der Waals surface area contributed by atoms with Crippen LogP contribution < -0.4 is 10.6 Å². The summed E-state index contributed by atoms with van der Waals surface area (Å²) >= 11 is 0. The fourth-order valence-corrected chi connectivity index (χ4v) is 8.04. The summed E-state index contributed by atoms with van der Waals surface area (Å²) in [6, 6.07) is 4.78. The van der Waals surface area contributed by atoms with Crippen molar-refractivity contribution in [3.63, 3.8) is 0 Å². The summed E-state index contributed by atoms with van der Waals surface area (Å²) in [6.07, 6.45) is 2.93. The fourth-order valence-electron chi connectivity index (χ4n) is 5.44. The summed E-state index contributed by atoms with van der Waals surface area (Å²) in [7, 11) is -1.72. The van der Waals surface area contributed by atoms with Gasteiger partial charge in [-0.3, -0.25) is 9.79 Å². The molecule has 3 N–H and O–H groups in total. The standard InChI is InChI=1S/C25H35FN4O3Si/c1-24(2)19-13-27-21(29-22(32)25(10-7-11-25)34(3,4)5)18(19)14-30(24)23(33)28-20(15-31)16-8-6-9-17(26)12-16/h6,8-9,12,20,31H,7,10-11,13-15H2,1-5H3,(H,28,33)(H,27,29,32)/t20-/m1/s1. The van der Waals surface area contributed by atoms with Crippen molar-refractivity contribution in [2.45, 2.75) is 69.4 Å². The molecule has 0 saturated heterocycles. The van der Waals surface area contributed by atoms with Crippen molar-refractivity contribution in [1.82, 2.24) is 15.5 Å². The van der Waals surface area contributed by atoms with E-state index in [0.29, 0.717) is 24.5 Å². The first-order valence-corrected chi connectivity index (χ1v) is 15.4. The highest BCUT2D eigenvalue weighted by atomic mass is 28.3. The summed E-state index contributed by atoms with van der Waals surface area (Å²) in [6.45, 7) is 11.1. The molecule has 34 heavy (non-hydrogen) atoms. The second-order valence-corrected chi connectivity index (χ2v) is 16.6. The molecule has 4 rings (SSSR count). The van der Waals surface area contributed by atoms with Crippen molar-refractivity contribution >= 4 is 25.8 Å². The second kappa shape index (κ2) is 8.60. The Bertz CT molecular complexity index is 1070. The van der Waals surface area contributed by atoms with Gasteiger partial charge in [0.15, 0.2) is 0 Å². The monoisotopic (exact) mass is 486 g/mol. The molecule has 1 atom stereocenters. The van der Waals surface area contributed by atoms with E-state index in [4.69, 9.17) is 0 Å². The minimum Gasteiger partial charge on any atom is -0.394 e. The molecule has 0 spiro atoms. The molecule has 1 aliphatic carbocycles. The molecule has 2 heterocycles. The van der Waals surface area contributed by atoms with Gasteiger partial charge >= 0.3 is 6.03 Å². The minimum atomic E-state index is -1.72. The summed E-state index contributed by atoms with van der Waals surface area (Å²) in [5.41, 5.74) is 1.80. The van der Waals surface area contributed by atoms with E-state index in [1.807, 2.05) is 13.8 Å². The lowest BCUT2D eigenvalue weighted by Crippen LogP contribution is -2.55. The molecule has 0 aromatic heterocycles. The van der Waals surface area contributed by atoms with E-state index in [1.165, 1.54) is 12.1 Å². The van der Waals surface area contributed by atoms with Crippen LogP contribution in [0.3, 0.4) is 0 Å². The number of amides is 3. The Morgan fingerprint density at radius 3 is 2.53 bits per heavy atom. The van der Waals surface area contributed by atoms with Crippen LogP contribution in [0.15, 0.2) is 40.4 Å². The molecule has 9 heteroatoms. The van der Waals surface area contributed by atoms with Gasteiger partial charge in [0, 0.05) is 10.6 Å². The molecule has 0 bridgehead atoms. The van der Waals surface area contributed by atoms with E-state index < -0.39 is 25.5 Å². The van der Waals surface area contributed by atoms with Crippen LogP contribution >= 0.6 is 0 Å². The minimum absolute atomic E-state index is 0.0672. The van der Waals surface area contributed by atoms with Crippen LogP contribution in [-0.4, -0.2) is 61.1 Å². The number of carbonyl (C=O) groups is 2. The van der Waals surface area contributed by atoms with Gasteiger partial charge in [0.25, 0.3) is 0 Å². The highest BCUT2D eigenvalue weighted by molar-refractivity contribution is 6.82. The molecular formula is C25H35FN4O3Si. The lowest BCUT2D eigenvalue weighted by Gasteiger charge is -2.49. The zero-order chi connectivity index (χ0) is 24.9. The highest BCUT2D eigenvalue weighted by Gasteiger charge is 2.54. The SMILES string of the molecule is CC1(C)C2=C(CN1C(=O)N[C@H](CO)c1cccc(F)c1)C(NC(=O)C1([Si](C)(C)C)CCC1)=NC2. The van der Waals surface area contributed by atoms with Crippen LogP contribution in [0.1, 0.15) is 44.7 Å². The Morgan fingerprint density at radius 1 is 1.26 bits per heavy atom. The molecule has 2 aliphatic heterocycles. The largest absolute Gasteiger partial charge is 0.394 e. The molecule has 0 unspecified atom stereocenters. The summed E-state index contributed by atoms with van der Waals surface area (Å²) in [5, 5.41) is 15.5. The molecule has 3 amide bonds. The zero-order valence-electron chi connectivity index (χ0n) is 20.7. The topological polar surface area (TPSA) is 94.0 Å². The third-order valence-electron chi connectivity index (χ3n) is 8.06. The van der Waals surface area contributed by atoms with Crippen LogP contribution in [-0.2, 0) is 4.79 Å². The third-order valence-corrected chi connectivity index (χ3v) is 11.7. The van der Waals surface area contributed by atoms with Gasteiger partial charge in [0.2, 0.25) is 5.91 Å². The van der Waals surface area contributed by atoms with Crippen molar-refractivity contribution in [1.29, 1.82) is 0 Å². The van der Waals surface area contributed by atoms with Gasteiger partial charge in [-0.1, -0.05) is 38.2 Å². The Morgan fingerprint density at radius 2 is 1.97 bits per heavy atom. The van der Waals surface area contributed by atoms with Gasteiger partial charge < -0.3 is 20.6 Å². The van der Waals surface area contributed by atoms with Crippen LogP contribution in [0.25, 0.3) is 0 Å². The molecular weight excluding hydrogens is 451 g/mol. The Kier molecular flexibility index (Phi) is 6.22. The number of carbonyl (C=O) groups excluding carboxylic acids is 2. The Labute approximate surface area is 201 Å². The zero-order valence-corrected chi connectivity index (χ0v) is 21.7. The molecule has 184 valence electrons. The number of hydrogen-bond donors (Lipinski definition) is 3. The number of aliphatic hydroxyl groups is 1. The maximum atomic E-state index is 13.7. The van der Waals surface area contributed by atoms with Gasteiger partial charge in [-0.05, 0) is 50.0 Å². The van der Waals surface area contributed by atoms with Gasteiger partial charge in [0.05, 0.1) is 39.4 Å². The summed E-state index contributed by atoms with van der Waals surface area (Å²) in [5.74, 6) is 0.223. The number of aliphatic hydroxyl groups excluding tert-OH is 1. The predicted octanol–water partition coefficient (Wildman–Crippen LogP) is 3.75. The first-order chi connectivity index (χ1) is 15.9. The number of nitrogens with one attached hydrogen (secondary N) is 2. The first kappa shape index (κ1) is 24.6. The maximum absolute atomic E-state index is 13.7. The van der Waals surface area contributed by atoms with E-state index in [9.17, 15) is 19.1 Å². The molecule has 1 saturated carbocycles. The molecule has 1 aromatic rings. The molecule has 7 nitrogen and oxygen atoms in total. The van der Waals surface area contributed by atoms with Crippen molar-refractivity contribution in [3.05, 3.63) is 46.8 Å². The van der Waals surface area contributed by atoms with Crippen LogP contribution in [0.4, 0.5) is 9.18 Å². The quantitative estimate of drug-likeness (QED) is 0.553. The van der Waals surface area contributed by atoms with Crippen LogP contribution in [0.5, 0.6) is 0 Å². The number of amidine groups is 1. The number of rotatable bonds is 5. The predicted molar refractivity (Wildman–Crippen MR) is 133 cm³/mol. The molecule has 1 fully saturated rings. The van der Waals surface area contributed by atoms with Crippen molar-refractivity contribution in [3.8, 4) is 0 Å². The van der Waals surface area contributed by atoms with Gasteiger partial charge in [-0.25, -0.2) is 9.18 Å². The fraction of sp³-hybridized carbons (Fsp3) is 0.560. The third kappa shape index (κ3) is 3.98. The van der Waals surface area contributed by atoms with Gasteiger partial charge in [-0.15, -0.1) is 0 Å². The van der Waals surface area contributed by atoms with E-state index in [0.717, 1.165) is 30.4 Å². The second-order valence-electron chi connectivity index (χ2n) is 11.1. The van der Waals surface area contributed by atoms with Gasteiger partial charge in [0.1, 0.15) is 11.7 Å². The lowest BCUT2D eigenvalue weighted by molar-refractivity contribution is -0.125. The molecule has 1 aromatic carbocycles. The van der Waals surface area contributed by atoms with Crippen LogP contribution in [0, 0.1) is 5.82 Å². The number of urea groups is 1. The Hall–Kier alpha value is -2.52. The number of aliphatic imine (C=N–C) groups is 1. The summed E-state index contributed by atoms with van der Waals surface area (Å²) in [4.78, 5) is 32.9. The van der Waals surface area contributed by atoms with Crippen molar-refractivity contribution in [2.75, 3.05) is 19.7 Å². The average Bonchev–Trinajstić information content (AvgIpc) is 3.22. The average molecular weight is 487 g/mol. The first-order valence-electron chi connectivity index (χ1n) is 11.9. The molecule has 3 aliphatic rings. The number of hydrogen-bond acceptors (Lipinski definition) is 4. The van der Waals surface area contributed by atoms with Crippen molar-refractivity contribution < 1.29 is 19.1 Å². The Balaban J connectivity index is 1.48. The van der Waals surface area contributed by atoms with E-state index in [-0.39, 0.29) is 23.6 Å². The number of benzene rings is 1. The number of halogens is 1. The van der Waals surface area contributed by atoms with E-state index in [1.54, 1.807) is 17.0 Å².